The Balaban J connectivity index is 2.63. The van der Waals surface area contributed by atoms with Crippen LogP contribution in [0.4, 0.5) is 0 Å². The third-order valence-electron chi connectivity index (χ3n) is 2.07. The monoisotopic (exact) mass is 176 g/mol. The van der Waals surface area contributed by atoms with Gasteiger partial charge in [0.15, 0.2) is 0 Å². The molecule has 0 fully saturated rings. The molecule has 2 radical (unpaired) electrons. The summed E-state index contributed by atoms with van der Waals surface area (Å²) in [6.45, 7) is 0. The highest BCUT2D eigenvalue weighted by Crippen LogP contribution is 2.22. The largest absolute Gasteiger partial charge is 0.0622 e. The topological polar surface area (TPSA) is 0 Å². The fourth-order valence-corrected chi connectivity index (χ4v) is 1.40. The Kier molecular flexibility index (Phi) is 2.34. The second-order valence-electron chi connectivity index (χ2n) is 2.95. The highest BCUT2D eigenvalue weighted by molar-refractivity contribution is 5.59. The van der Waals surface area contributed by atoms with Gasteiger partial charge in [0.25, 0.3) is 0 Å². The molecule has 0 aromatic carbocycles. The van der Waals surface area contributed by atoms with Gasteiger partial charge in [0.2, 0.25) is 0 Å². The molecule has 0 nitrogen and oxygen atoms in total. The third kappa shape index (κ3) is 1.53. The Labute approximate surface area is 84.3 Å². The van der Waals surface area contributed by atoms with E-state index in [1.807, 2.05) is 42.5 Å². The molecule has 0 atom stereocenters. The Morgan fingerprint density at radius 1 is 1.07 bits per heavy atom. The van der Waals surface area contributed by atoms with Crippen LogP contribution in [-0.2, 0) is 0 Å². The normalized spacial score (nSPS) is 18.4. The molecule has 0 saturated carbocycles. The summed E-state index contributed by atoms with van der Waals surface area (Å²) in [6, 6.07) is 0. The quantitative estimate of drug-likeness (QED) is 0.498. The zero-order chi connectivity index (χ0) is 9.80. The van der Waals surface area contributed by atoms with Crippen molar-refractivity contribution in [1.82, 2.24) is 0 Å². The second-order valence-corrected chi connectivity index (χ2v) is 2.95. The van der Waals surface area contributed by atoms with Crippen LogP contribution < -0.4 is 0 Å². The van der Waals surface area contributed by atoms with Gasteiger partial charge in [-0.25, -0.2) is 0 Å². The van der Waals surface area contributed by atoms with Crippen LogP contribution in [0.5, 0.6) is 0 Å². The summed E-state index contributed by atoms with van der Waals surface area (Å²) in [5.41, 5.74) is 2.78. The van der Waals surface area contributed by atoms with Crippen molar-refractivity contribution in [3.05, 3.63) is 77.8 Å². The van der Waals surface area contributed by atoms with E-state index < -0.39 is 0 Å². The van der Waals surface area contributed by atoms with Crippen LogP contribution >= 0.6 is 0 Å². The van der Waals surface area contributed by atoms with E-state index >= 15 is 0 Å². The van der Waals surface area contributed by atoms with Crippen LogP contribution in [0.3, 0.4) is 0 Å². The molecule has 0 bridgehead atoms. The van der Waals surface area contributed by atoms with Crippen LogP contribution in [0.1, 0.15) is 0 Å². The maximum Gasteiger partial charge on any atom is 0.0412 e. The molecule has 0 amide bonds. The van der Waals surface area contributed by atoms with Crippen molar-refractivity contribution in [3.63, 3.8) is 0 Å². The van der Waals surface area contributed by atoms with Gasteiger partial charge >= 0.3 is 0 Å². The lowest BCUT2D eigenvalue weighted by Gasteiger charge is -2.02. The minimum absolute atomic E-state index is 0.696. The summed E-state index contributed by atoms with van der Waals surface area (Å²) < 4.78 is 0. The first-order valence-corrected chi connectivity index (χ1v) is 4.40. The van der Waals surface area contributed by atoms with E-state index in [1.165, 1.54) is 0 Å². The predicted octanol–water partition coefficient (Wildman–Crippen LogP) is 2.85. The molecule has 0 saturated heterocycles. The Hall–Kier alpha value is -2.00. The van der Waals surface area contributed by atoms with Gasteiger partial charge in [-0.05, 0) is 23.6 Å². The Bertz CT molecular complexity index is 455. The number of fused-ring (bicyclic) bond motifs is 1. The van der Waals surface area contributed by atoms with Gasteiger partial charge in [0.1, 0.15) is 0 Å². The van der Waals surface area contributed by atoms with Gasteiger partial charge in [-0.1, -0.05) is 54.5 Å². The van der Waals surface area contributed by atoms with Crippen molar-refractivity contribution in [2.75, 3.05) is 0 Å². The fraction of sp³-hybridized carbons (Fsp3) is 0. The van der Waals surface area contributed by atoms with Crippen molar-refractivity contribution < 1.29 is 0 Å². The summed E-state index contributed by atoms with van der Waals surface area (Å²) in [5, 5.41) is 0. The molecule has 0 spiro atoms. The summed E-state index contributed by atoms with van der Waals surface area (Å²) in [7, 11) is 0. The van der Waals surface area contributed by atoms with E-state index in [0.717, 1.165) is 11.1 Å². The highest BCUT2D eigenvalue weighted by atomic mass is 14.1. The lowest BCUT2D eigenvalue weighted by atomic mass is 10.0. The summed E-state index contributed by atoms with van der Waals surface area (Å²) >= 11 is 0. The molecule has 14 heavy (non-hydrogen) atoms. The zero-order valence-corrected chi connectivity index (χ0v) is 7.62. The van der Waals surface area contributed by atoms with Gasteiger partial charge in [-0.2, -0.15) is 0 Å². The number of rotatable bonds is 0. The minimum atomic E-state index is 0.696. The number of hydrogen-bond donors (Lipinski definition) is 0. The average Bonchev–Trinajstić information content (AvgIpc) is 2.51. The number of hydrogen-bond acceptors (Lipinski definition) is 0. The van der Waals surface area contributed by atoms with Gasteiger partial charge in [-0.3, -0.25) is 0 Å². The number of allylic oxidation sites excluding steroid dienone is 12. The molecule has 0 heteroatoms. The van der Waals surface area contributed by atoms with E-state index in [0.29, 0.717) is 5.57 Å². The molecule has 64 valence electrons. The molecule has 2 rings (SSSR count). The van der Waals surface area contributed by atoms with Gasteiger partial charge in [0, 0.05) is 5.57 Å². The minimum Gasteiger partial charge on any atom is -0.0622 e. The first-order chi connectivity index (χ1) is 6.92. The van der Waals surface area contributed by atoms with Crippen LogP contribution in [0.25, 0.3) is 0 Å². The fourth-order valence-electron chi connectivity index (χ4n) is 1.40. The maximum atomic E-state index is 7.19. The van der Waals surface area contributed by atoms with E-state index in [2.05, 4.69) is 12.0 Å². The lowest BCUT2D eigenvalue weighted by Crippen LogP contribution is -1.86. The van der Waals surface area contributed by atoms with E-state index in [-0.39, 0.29) is 0 Å². The average molecular weight is 176 g/mol. The molecule has 0 N–H and O–H groups in total. The van der Waals surface area contributed by atoms with Crippen molar-refractivity contribution >= 4 is 0 Å². The standard InChI is InChI=1S/C14H8/c1-2-12-8-6-7-10-13-9-4-3-5-11-14(12)13/h3-7,9-11H. The van der Waals surface area contributed by atoms with Crippen molar-refractivity contribution in [2.45, 2.75) is 0 Å². The molecular weight excluding hydrogens is 168 g/mol. The predicted molar refractivity (Wildman–Crippen MR) is 57.5 cm³/mol. The molecule has 0 aromatic rings. The van der Waals surface area contributed by atoms with E-state index in [1.54, 1.807) is 6.08 Å². The molecule has 0 aromatic heterocycles. The van der Waals surface area contributed by atoms with Crippen molar-refractivity contribution in [3.8, 4) is 5.92 Å². The molecular formula is C14H8. The Morgan fingerprint density at radius 2 is 2.00 bits per heavy atom. The maximum absolute atomic E-state index is 7.19. The van der Waals surface area contributed by atoms with Crippen molar-refractivity contribution in [1.29, 1.82) is 0 Å². The van der Waals surface area contributed by atoms with E-state index in [4.69, 9.17) is 6.42 Å². The van der Waals surface area contributed by atoms with Crippen LogP contribution in [-0.4, -0.2) is 0 Å². The van der Waals surface area contributed by atoms with Crippen LogP contribution in [0, 0.1) is 18.4 Å². The second kappa shape index (κ2) is 3.81. The lowest BCUT2D eigenvalue weighted by molar-refractivity contribution is 1.51. The first kappa shape index (κ1) is 8.59. The summed E-state index contributed by atoms with van der Waals surface area (Å²) in [4.78, 5) is 0. The van der Waals surface area contributed by atoms with Crippen LogP contribution in [0.15, 0.2) is 65.3 Å². The highest BCUT2D eigenvalue weighted by Gasteiger charge is 2.06. The molecule has 2 aliphatic rings. The molecule has 0 unspecified atom stereocenters. The van der Waals surface area contributed by atoms with Gasteiger partial charge < -0.3 is 0 Å². The molecule has 0 heterocycles. The van der Waals surface area contributed by atoms with Gasteiger partial charge in [-0.15, -0.1) is 0 Å². The SMILES string of the molecule is [C]#CC1=C2C=CC=CC=C2C=CC=[C]1. The van der Waals surface area contributed by atoms with E-state index in [9.17, 15) is 0 Å². The Morgan fingerprint density at radius 3 is 2.86 bits per heavy atom. The summed E-state index contributed by atoms with van der Waals surface area (Å²) in [6.07, 6.45) is 25.8. The third-order valence-corrected chi connectivity index (χ3v) is 2.07. The molecule has 2 aliphatic carbocycles. The first-order valence-electron chi connectivity index (χ1n) is 4.40. The van der Waals surface area contributed by atoms with Crippen molar-refractivity contribution in [2.24, 2.45) is 0 Å². The molecule has 0 aliphatic heterocycles. The van der Waals surface area contributed by atoms with Gasteiger partial charge in [0.05, 0.1) is 0 Å². The summed E-state index contributed by atoms with van der Waals surface area (Å²) in [5.74, 6) is 2.40. The smallest absolute Gasteiger partial charge is 0.0412 e. The zero-order valence-electron chi connectivity index (χ0n) is 7.62. The van der Waals surface area contributed by atoms with Crippen LogP contribution in [0.2, 0.25) is 0 Å².